The Labute approximate surface area is 233 Å². The standard InChI is InChI=1S/C34H41N3O2/c1-2-3-4-5-6-7-8-9-10-26-11-15-28(16-12-26)31-24-36-33(37-25-31)29-19-21-32(22-20-29)39-34(38)30-17-13-27(23-35)14-18-30/h13-14,17-22,24-26,28H,2-12,15-16H2,1H3. The van der Waals surface area contributed by atoms with Crippen molar-refractivity contribution >= 4 is 5.97 Å². The second-order valence-electron chi connectivity index (χ2n) is 10.9. The molecule has 0 saturated heterocycles. The molecule has 0 unspecified atom stereocenters. The molecule has 3 aromatic rings. The Balaban J connectivity index is 1.19. The number of nitriles is 1. The molecule has 4 rings (SSSR count). The van der Waals surface area contributed by atoms with Gasteiger partial charge in [-0.05, 0) is 91.6 Å². The van der Waals surface area contributed by atoms with Crippen LogP contribution in [-0.4, -0.2) is 15.9 Å². The van der Waals surface area contributed by atoms with Crippen LogP contribution in [0.1, 0.15) is 118 Å². The van der Waals surface area contributed by atoms with E-state index in [1.165, 1.54) is 89.0 Å². The maximum Gasteiger partial charge on any atom is 0.343 e. The van der Waals surface area contributed by atoms with E-state index in [1.54, 1.807) is 36.4 Å². The zero-order valence-electron chi connectivity index (χ0n) is 23.3. The van der Waals surface area contributed by atoms with Crippen LogP contribution in [0.4, 0.5) is 0 Å². The number of esters is 1. The quantitative estimate of drug-likeness (QED) is 0.127. The molecule has 0 bridgehead atoms. The molecule has 204 valence electrons. The van der Waals surface area contributed by atoms with Gasteiger partial charge in [0.05, 0.1) is 17.2 Å². The van der Waals surface area contributed by atoms with Crippen molar-refractivity contribution in [3.05, 3.63) is 77.6 Å². The maximum absolute atomic E-state index is 12.4. The highest BCUT2D eigenvalue weighted by molar-refractivity contribution is 5.91. The van der Waals surface area contributed by atoms with Gasteiger partial charge < -0.3 is 4.74 Å². The van der Waals surface area contributed by atoms with Gasteiger partial charge in [-0.25, -0.2) is 14.8 Å². The molecule has 5 nitrogen and oxygen atoms in total. The van der Waals surface area contributed by atoms with Crippen molar-refractivity contribution in [1.29, 1.82) is 5.26 Å². The number of ether oxygens (including phenoxy) is 1. The van der Waals surface area contributed by atoms with Crippen LogP contribution in [0.2, 0.25) is 0 Å². The molecule has 0 spiro atoms. The third-order valence-corrected chi connectivity index (χ3v) is 8.03. The van der Waals surface area contributed by atoms with E-state index < -0.39 is 5.97 Å². The smallest absolute Gasteiger partial charge is 0.343 e. The van der Waals surface area contributed by atoms with E-state index in [2.05, 4.69) is 16.9 Å². The Hall–Kier alpha value is -3.52. The lowest BCUT2D eigenvalue weighted by Crippen LogP contribution is -2.14. The highest BCUT2D eigenvalue weighted by Crippen LogP contribution is 2.37. The summed E-state index contributed by atoms with van der Waals surface area (Å²) >= 11 is 0. The van der Waals surface area contributed by atoms with Gasteiger partial charge in [0.1, 0.15) is 5.75 Å². The van der Waals surface area contributed by atoms with Crippen LogP contribution in [0, 0.1) is 17.2 Å². The first-order valence-electron chi connectivity index (χ1n) is 14.8. The van der Waals surface area contributed by atoms with E-state index in [1.807, 2.05) is 30.6 Å². The summed E-state index contributed by atoms with van der Waals surface area (Å²) in [6, 6.07) is 15.7. The molecule has 1 heterocycles. The topological polar surface area (TPSA) is 75.9 Å². The first kappa shape index (κ1) is 28.5. The van der Waals surface area contributed by atoms with Crippen molar-refractivity contribution in [2.45, 2.75) is 96.3 Å². The van der Waals surface area contributed by atoms with Gasteiger partial charge in [0.25, 0.3) is 0 Å². The molecule has 0 atom stereocenters. The largest absolute Gasteiger partial charge is 0.423 e. The van der Waals surface area contributed by atoms with Crippen molar-refractivity contribution in [3.8, 4) is 23.2 Å². The van der Waals surface area contributed by atoms with Crippen molar-refractivity contribution in [3.63, 3.8) is 0 Å². The number of nitrogens with zero attached hydrogens (tertiary/aromatic N) is 3. The molecule has 0 aliphatic heterocycles. The first-order chi connectivity index (χ1) is 19.2. The van der Waals surface area contributed by atoms with Crippen LogP contribution < -0.4 is 4.74 Å². The predicted octanol–water partition coefficient (Wildman–Crippen LogP) is 9.04. The van der Waals surface area contributed by atoms with Gasteiger partial charge in [0.15, 0.2) is 5.82 Å². The minimum absolute atomic E-state index is 0.402. The number of benzene rings is 2. The minimum atomic E-state index is -0.458. The number of hydrogen-bond donors (Lipinski definition) is 0. The molecule has 1 aliphatic carbocycles. The summed E-state index contributed by atoms with van der Waals surface area (Å²) in [4.78, 5) is 21.7. The zero-order valence-corrected chi connectivity index (χ0v) is 23.3. The number of carbonyl (C=O) groups is 1. The Kier molecular flexibility index (Phi) is 11.1. The Morgan fingerprint density at radius 2 is 1.46 bits per heavy atom. The van der Waals surface area contributed by atoms with E-state index in [9.17, 15) is 4.79 Å². The fourth-order valence-electron chi connectivity index (χ4n) is 5.57. The van der Waals surface area contributed by atoms with E-state index >= 15 is 0 Å². The lowest BCUT2D eigenvalue weighted by molar-refractivity contribution is 0.0735. The summed E-state index contributed by atoms with van der Waals surface area (Å²) < 4.78 is 5.46. The third kappa shape index (κ3) is 8.75. The SMILES string of the molecule is CCCCCCCCCCC1CCC(c2cnc(-c3ccc(OC(=O)c4ccc(C#N)cc4)cc3)nc2)CC1. The molecule has 1 aliphatic rings. The number of aromatic nitrogens is 2. The molecular weight excluding hydrogens is 482 g/mol. The number of hydrogen-bond acceptors (Lipinski definition) is 5. The molecule has 39 heavy (non-hydrogen) atoms. The number of rotatable bonds is 13. The van der Waals surface area contributed by atoms with Crippen molar-refractivity contribution < 1.29 is 9.53 Å². The summed E-state index contributed by atoms with van der Waals surface area (Å²) in [6.45, 7) is 2.28. The molecule has 1 fully saturated rings. The van der Waals surface area contributed by atoms with E-state index in [-0.39, 0.29) is 0 Å². The molecule has 5 heteroatoms. The second kappa shape index (κ2) is 15.2. The Morgan fingerprint density at radius 3 is 2.08 bits per heavy atom. The minimum Gasteiger partial charge on any atom is -0.423 e. The van der Waals surface area contributed by atoms with Gasteiger partial charge in [-0.1, -0.05) is 64.7 Å². The fraction of sp³-hybridized carbons (Fsp3) is 0.471. The molecular formula is C34H41N3O2. The van der Waals surface area contributed by atoms with E-state index in [0.717, 1.165) is 11.5 Å². The Morgan fingerprint density at radius 1 is 0.846 bits per heavy atom. The van der Waals surface area contributed by atoms with Gasteiger partial charge in [-0.2, -0.15) is 5.26 Å². The molecule has 0 radical (unpaired) electrons. The van der Waals surface area contributed by atoms with Crippen molar-refractivity contribution in [2.24, 2.45) is 5.92 Å². The monoisotopic (exact) mass is 523 g/mol. The van der Waals surface area contributed by atoms with Gasteiger partial charge in [0, 0.05) is 18.0 Å². The number of carbonyl (C=O) groups excluding carboxylic acids is 1. The summed E-state index contributed by atoms with van der Waals surface area (Å²) in [5.41, 5.74) is 3.04. The lowest BCUT2D eigenvalue weighted by Gasteiger charge is -2.28. The molecule has 1 saturated carbocycles. The highest BCUT2D eigenvalue weighted by Gasteiger charge is 2.22. The summed E-state index contributed by atoms with van der Waals surface area (Å²) in [6.07, 6.45) is 21.7. The Bertz CT molecular complexity index is 1190. The van der Waals surface area contributed by atoms with Crippen molar-refractivity contribution in [2.75, 3.05) is 0 Å². The average Bonchev–Trinajstić information content (AvgIpc) is 2.99. The molecule has 0 amide bonds. The first-order valence-corrected chi connectivity index (χ1v) is 14.8. The summed E-state index contributed by atoms with van der Waals surface area (Å²) in [5.74, 6) is 2.13. The normalized spacial score (nSPS) is 16.9. The van der Waals surface area contributed by atoms with Crippen LogP contribution in [-0.2, 0) is 0 Å². The van der Waals surface area contributed by atoms with Crippen LogP contribution >= 0.6 is 0 Å². The average molecular weight is 524 g/mol. The second-order valence-corrected chi connectivity index (χ2v) is 10.9. The van der Waals surface area contributed by atoms with Gasteiger partial charge >= 0.3 is 5.97 Å². The molecule has 1 aromatic heterocycles. The summed E-state index contributed by atoms with van der Waals surface area (Å²) in [7, 11) is 0. The molecule has 2 aromatic carbocycles. The molecule has 0 N–H and O–H groups in total. The van der Waals surface area contributed by atoms with E-state index in [0.29, 0.717) is 28.6 Å². The van der Waals surface area contributed by atoms with E-state index in [4.69, 9.17) is 10.00 Å². The third-order valence-electron chi connectivity index (χ3n) is 8.03. The number of unbranched alkanes of at least 4 members (excludes halogenated alkanes) is 7. The fourth-order valence-corrected chi connectivity index (χ4v) is 5.57. The maximum atomic E-state index is 12.4. The predicted molar refractivity (Wildman–Crippen MR) is 156 cm³/mol. The summed E-state index contributed by atoms with van der Waals surface area (Å²) in [5, 5.41) is 8.90. The van der Waals surface area contributed by atoms with Crippen LogP contribution in [0.25, 0.3) is 11.4 Å². The zero-order chi connectivity index (χ0) is 27.3. The van der Waals surface area contributed by atoms with Crippen LogP contribution in [0.15, 0.2) is 60.9 Å². The van der Waals surface area contributed by atoms with Crippen molar-refractivity contribution in [1.82, 2.24) is 9.97 Å². The van der Waals surface area contributed by atoms with Crippen LogP contribution in [0.3, 0.4) is 0 Å². The lowest BCUT2D eigenvalue weighted by atomic mass is 9.77. The van der Waals surface area contributed by atoms with Gasteiger partial charge in [-0.15, -0.1) is 0 Å². The van der Waals surface area contributed by atoms with Gasteiger partial charge in [0.2, 0.25) is 0 Å². The van der Waals surface area contributed by atoms with Gasteiger partial charge in [-0.3, -0.25) is 0 Å². The highest BCUT2D eigenvalue weighted by atomic mass is 16.5. The van der Waals surface area contributed by atoms with Crippen LogP contribution in [0.5, 0.6) is 5.75 Å².